The molecule has 1 heterocycles. The molecule has 0 spiro atoms. The number of ether oxygens (including phenoxy) is 2. The molecule has 0 bridgehead atoms. The van der Waals surface area contributed by atoms with Crippen molar-refractivity contribution in [1.29, 1.82) is 0 Å². The molecule has 0 atom stereocenters. The Labute approximate surface area is 247 Å². The van der Waals surface area contributed by atoms with Crippen LogP contribution in [-0.2, 0) is 11.3 Å². The number of nitrogens with zero attached hydrogens (tertiary/aromatic N) is 1. The summed E-state index contributed by atoms with van der Waals surface area (Å²) in [5, 5.41) is 4.40. The molecule has 1 saturated carbocycles. The topological polar surface area (TPSA) is 50.8 Å². The number of halogens is 2. The van der Waals surface area contributed by atoms with Crippen molar-refractivity contribution in [2.24, 2.45) is 0 Å². The predicted octanol–water partition coefficient (Wildman–Crippen LogP) is 7.31. The molecule has 1 aliphatic heterocycles. The Kier molecular flexibility index (Phi) is 9.04. The summed E-state index contributed by atoms with van der Waals surface area (Å²) in [7, 11) is 0. The zero-order valence-electron chi connectivity index (χ0n) is 23.4. The van der Waals surface area contributed by atoms with E-state index in [0.717, 1.165) is 53.8 Å². The lowest BCUT2D eigenvalue weighted by Gasteiger charge is -2.29. The van der Waals surface area contributed by atoms with Gasteiger partial charge in [0.25, 0.3) is 5.91 Å². The molecule has 0 saturated heterocycles. The van der Waals surface area contributed by atoms with Gasteiger partial charge in [-0.2, -0.15) is 0 Å². The van der Waals surface area contributed by atoms with E-state index in [-0.39, 0.29) is 5.91 Å². The van der Waals surface area contributed by atoms with E-state index in [2.05, 4.69) is 42.3 Å². The van der Waals surface area contributed by atoms with Gasteiger partial charge in [0, 0.05) is 24.7 Å². The minimum atomic E-state index is 0.150. The van der Waals surface area contributed by atoms with Gasteiger partial charge in [-0.05, 0) is 104 Å². The first-order valence-corrected chi connectivity index (χ1v) is 14.7. The molecule has 0 radical (unpaired) electrons. The molecule has 3 aromatic rings. The molecule has 210 valence electrons. The van der Waals surface area contributed by atoms with Crippen molar-refractivity contribution in [2.75, 3.05) is 26.3 Å². The van der Waals surface area contributed by atoms with Crippen molar-refractivity contribution in [2.45, 2.75) is 52.6 Å². The van der Waals surface area contributed by atoms with E-state index in [1.165, 1.54) is 16.7 Å². The van der Waals surface area contributed by atoms with Crippen LogP contribution in [0.4, 0.5) is 0 Å². The summed E-state index contributed by atoms with van der Waals surface area (Å²) < 4.78 is 11.7. The monoisotopic (exact) mass is 578 g/mol. The number of benzene rings is 3. The maximum absolute atomic E-state index is 14.0. The second-order valence-electron chi connectivity index (χ2n) is 10.7. The third-order valence-corrected chi connectivity index (χ3v) is 8.29. The van der Waals surface area contributed by atoms with Gasteiger partial charge in [0.1, 0.15) is 19.0 Å². The van der Waals surface area contributed by atoms with Crippen molar-refractivity contribution in [3.63, 3.8) is 0 Å². The number of hydrogen-bond acceptors (Lipinski definition) is 4. The summed E-state index contributed by atoms with van der Waals surface area (Å²) in [6.07, 6.45) is 2.96. The highest BCUT2D eigenvalue weighted by Crippen LogP contribution is 2.35. The fourth-order valence-corrected chi connectivity index (χ4v) is 5.89. The Bertz CT molecular complexity index is 1390. The Hall–Kier alpha value is -2.99. The average molecular weight is 580 g/mol. The fourth-order valence-electron chi connectivity index (χ4n) is 5.18. The molecule has 7 heteroatoms. The first kappa shape index (κ1) is 28.5. The van der Waals surface area contributed by atoms with Crippen LogP contribution in [-0.4, -0.2) is 43.2 Å². The lowest BCUT2D eigenvalue weighted by atomic mass is 9.93. The molecule has 2 aliphatic rings. The summed E-state index contributed by atoms with van der Waals surface area (Å²) in [5.41, 5.74) is 7.79. The van der Waals surface area contributed by atoms with Crippen molar-refractivity contribution >= 4 is 34.7 Å². The number of carbonyl (C=O) groups excluding carboxylic acids is 1. The Balaban J connectivity index is 1.26. The van der Waals surface area contributed by atoms with Crippen LogP contribution in [0.5, 0.6) is 11.5 Å². The highest BCUT2D eigenvalue weighted by Gasteiger charge is 2.35. The zero-order chi connectivity index (χ0) is 28.2. The van der Waals surface area contributed by atoms with Gasteiger partial charge in [0.2, 0.25) is 0 Å². The third kappa shape index (κ3) is 6.65. The predicted molar refractivity (Wildman–Crippen MR) is 163 cm³/mol. The van der Waals surface area contributed by atoms with Gasteiger partial charge in [-0.3, -0.25) is 4.79 Å². The second kappa shape index (κ2) is 12.7. The molecule has 1 fully saturated rings. The number of hydrogen-bond donors (Lipinski definition) is 1. The molecule has 1 aliphatic carbocycles. The fraction of sp³-hybridized carbons (Fsp3) is 0.364. The smallest absolute Gasteiger partial charge is 0.251 e. The molecule has 5 rings (SSSR count). The Morgan fingerprint density at radius 2 is 1.68 bits per heavy atom. The molecule has 5 nitrogen and oxygen atoms in total. The molecule has 0 unspecified atom stereocenters. The van der Waals surface area contributed by atoms with Gasteiger partial charge in [0.05, 0.1) is 10.0 Å². The number of carbonyl (C=O) groups is 1. The minimum absolute atomic E-state index is 0.150. The standard InChI is InChI=1S/C33H36Cl2N2O3/c1-21-17-30(34)32(31(35)18-21)40-16-15-39-27-11-7-24(8-12-27)28-13-14-36-19-29(28)33(38)37(26-9-10-26)20-25-6-4-5-22(2)23(25)3/h4-8,11-12,17-18,26,36H,9-10,13-16,19-20H2,1-3H3. The van der Waals surface area contributed by atoms with E-state index in [1.807, 2.05) is 43.3 Å². The van der Waals surface area contributed by atoms with Crippen molar-refractivity contribution < 1.29 is 14.3 Å². The zero-order valence-corrected chi connectivity index (χ0v) is 24.9. The van der Waals surface area contributed by atoms with Crippen LogP contribution < -0.4 is 14.8 Å². The van der Waals surface area contributed by atoms with Gasteiger partial charge >= 0.3 is 0 Å². The van der Waals surface area contributed by atoms with Gasteiger partial charge in [-0.1, -0.05) is 53.5 Å². The van der Waals surface area contributed by atoms with Crippen LogP contribution >= 0.6 is 23.2 Å². The van der Waals surface area contributed by atoms with Gasteiger partial charge in [0.15, 0.2) is 5.75 Å². The lowest BCUT2D eigenvalue weighted by molar-refractivity contribution is -0.128. The van der Waals surface area contributed by atoms with Crippen molar-refractivity contribution in [1.82, 2.24) is 10.2 Å². The van der Waals surface area contributed by atoms with Crippen LogP contribution in [0.15, 0.2) is 60.2 Å². The van der Waals surface area contributed by atoms with Crippen LogP contribution in [0.1, 0.15) is 47.1 Å². The maximum Gasteiger partial charge on any atom is 0.251 e. The van der Waals surface area contributed by atoms with E-state index in [4.69, 9.17) is 32.7 Å². The van der Waals surface area contributed by atoms with E-state index < -0.39 is 0 Å². The average Bonchev–Trinajstić information content (AvgIpc) is 3.78. The quantitative estimate of drug-likeness (QED) is 0.256. The van der Waals surface area contributed by atoms with Crippen LogP contribution in [0, 0.1) is 20.8 Å². The van der Waals surface area contributed by atoms with E-state index in [1.54, 1.807) is 0 Å². The summed E-state index contributed by atoms with van der Waals surface area (Å²) in [6.45, 7) is 8.97. The van der Waals surface area contributed by atoms with Crippen LogP contribution in [0.3, 0.4) is 0 Å². The van der Waals surface area contributed by atoms with E-state index in [0.29, 0.717) is 48.1 Å². The highest BCUT2D eigenvalue weighted by molar-refractivity contribution is 6.37. The molecule has 1 N–H and O–H groups in total. The second-order valence-corrected chi connectivity index (χ2v) is 11.5. The number of rotatable bonds is 10. The molecule has 3 aromatic carbocycles. The largest absolute Gasteiger partial charge is 0.490 e. The molecular weight excluding hydrogens is 543 g/mol. The van der Waals surface area contributed by atoms with Crippen molar-refractivity contribution in [3.8, 4) is 11.5 Å². The summed E-state index contributed by atoms with van der Waals surface area (Å²) in [6, 6.07) is 18.3. The molecule has 0 aromatic heterocycles. The normalized spacial score (nSPS) is 15.2. The van der Waals surface area contributed by atoms with Crippen LogP contribution in [0.25, 0.3) is 5.57 Å². The highest BCUT2D eigenvalue weighted by atomic mass is 35.5. The SMILES string of the molecule is Cc1cc(Cl)c(OCCOc2ccc(C3=C(C(=O)N(Cc4cccc(C)c4C)C4CC4)CNCC3)cc2)c(Cl)c1. The summed E-state index contributed by atoms with van der Waals surface area (Å²) in [5.74, 6) is 1.36. The Morgan fingerprint density at radius 1 is 0.975 bits per heavy atom. The van der Waals surface area contributed by atoms with E-state index in [9.17, 15) is 4.79 Å². The summed E-state index contributed by atoms with van der Waals surface area (Å²) in [4.78, 5) is 16.1. The maximum atomic E-state index is 14.0. The first-order valence-electron chi connectivity index (χ1n) is 13.9. The van der Waals surface area contributed by atoms with Gasteiger partial charge < -0.3 is 19.7 Å². The minimum Gasteiger partial charge on any atom is -0.490 e. The number of aryl methyl sites for hydroxylation is 2. The molecular formula is C33H36Cl2N2O3. The third-order valence-electron chi connectivity index (χ3n) is 7.73. The number of nitrogens with one attached hydrogen (secondary N) is 1. The Morgan fingerprint density at radius 3 is 2.38 bits per heavy atom. The van der Waals surface area contributed by atoms with E-state index >= 15 is 0 Å². The molecule has 1 amide bonds. The lowest BCUT2D eigenvalue weighted by Crippen LogP contribution is -2.39. The van der Waals surface area contributed by atoms with Crippen LogP contribution in [0.2, 0.25) is 10.0 Å². The summed E-state index contributed by atoms with van der Waals surface area (Å²) >= 11 is 12.5. The first-order chi connectivity index (χ1) is 19.3. The van der Waals surface area contributed by atoms with Gasteiger partial charge in [-0.15, -0.1) is 0 Å². The molecule has 40 heavy (non-hydrogen) atoms. The van der Waals surface area contributed by atoms with Crippen molar-refractivity contribution in [3.05, 3.63) is 98.0 Å². The van der Waals surface area contributed by atoms with Gasteiger partial charge in [-0.25, -0.2) is 0 Å². The number of amides is 1.